The Morgan fingerprint density at radius 1 is 1.04 bits per heavy atom. The number of carbonyl (C=O) groups excluding carboxylic acids is 1. The van der Waals surface area contributed by atoms with Crippen LogP contribution < -0.4 is 4.90 Å². The number of phenolic OH excluding ortho intramolecular Hbond substituents is 1. The van der Waals surface area contributed by atoms with Crippen molar-refractivity contribution >= 4 is 32.6 Å². The number of anilines is 1. The van der Waals surface area contributed by atoms with Crippen LogP contribution >= 0.6 is 11.3 Å². The Bertz CT molecular complexity index is 900. The van der Waals surface area contributed by atoms with Gasteiger partial charge < -0.3 is 10.0 Å². The Labute approximate surface area is 143 Å². The van der Waals surface area contributed by atoms with Crippen LogP contribution in [0, 0.1) is 0 Å². The maximum atomic E-state index is 12.6. The lowest BCUT2D eigenvalue weighted by Crippen LogP contribution is -2.29. The number of rotatable bonds is 3. The summed E-state index contributed by atoms with van der Waals surface area (Å²) in [5, 5.41) is 10.8. The highest BCUT2D eigenvalue weighted by molar-refractivity contribution is 7.22. The van der Waals surface area contributed by atoms with Crippen LogP contribution in [0.3, 0.4) is 0 Å². The van der Waals surface area contributed by atoms with E-state index in [0.29, 0.717) is 11.3 Å². The lowest BCUT2D eigenvalue weighted by Gasteiger charge is -2.25. The number of pyridine rings is 1. The van der Waals surface area contributed by atoms with Gasteiger partial charge in [-0.25, -0.2) is 4.98 Å². The molecule has 0 unspecified atom stereocenters. The van der Waals surface area contributed by atoms with E-state index in [9.17, 15) is 9.90 Å². The molecule has 5 nitrogen and oxygen atoms in total. The molecule has 0 aliphatic carbocycles. The summed E-state index contributed by atoms with van der Waals surface area (Å²) in [7, 11) is 0. The number of hydrogen-bond acceptors (Lipinski definition) is 6. The fraction of sp³-hybridized carbons (Fsp3) is 0.278. The average Bonchev–Trinajstić information content (AvgIpc) is 3.05. The third kappa shape index (κ3) is 2.73. The molecule has 1 fully saturated rings. The van der Waals surface area contributed by atoms with Crippen molar-refractivity contribution in [2.24, 2.45) is 0 Å². The molecular weight excluding hydrogens is 322 g/mol. The van der Waals surface area contributed by atoms with Gasteiger partial charge in [0.1, 0.15) is 11.4 Å². The maximum Gasteiger partial charge on any atom is 0.215 e. The number of fused-ring (bicyclic) bond motifs is 1. The Balaban J connectivity index is 1.68. The third-order valence-corrected chi connectivity index (χ3v) is 5.32. The quantitative estimate of drug-likeness (QED) is 0.738. The SMILES string of the molecule is O=C(c1ccc2sc(N3CCCCC3)nc2n1)c1ccccc1O. The standard InChI is InChI=1S/C18H17N3O2S/c22-14-7-3-2-6-12(14)16(23)13-8-9-15-17(19-13)20-18(24-15)21-10-4-1-5-11-21/h2-3,6-9,22H,1,4-5,10-11H2. The second-order valence-electron chi connectivity index (χ2n) is 5.91. The van der Waals surface area contributed by atoms with Crippen LogP contribution in [0.1, 0.15) is 35.3 Å². The van der Waals surface area contributed by atoms with E-state index < -0.39 is 0 Å². The van der Waals surface area contributed by atoms with E-state index in [0.717, 1.165) is 22.9 Å². The number of carbonyl (C=O) groups is 1. The molecule has 2 aromatic heterocycles. The first-order valence-corrected chi connectivity index (χ1v) is 8.89. The first-order chi connectivity index (χ1) is 11.7. The second kappa shape index (κ2) is 6.20. The summed E-state index contributed by atoms with van der Waals surface area (Å²) in [5.41, 5.74) is 1.16. The van der Waals surface area contributed by atoms with Crippen LogP contribution in [-0.4, -0.2) is 33.9 Å². The van der Waals surface area contributed by atoms with Crippen LogP contribution in [0.25, 0.3) is 10.3 Å². The molecule has 0 atom stereocenters. The number of phenols is 1. The minimum Gasteiger partial charge on any atom is -0.507 e. The smallest absolute Gasteiger partial charge is 0.215 e. The Morgan fingerprint density at radius 2 is 1.83 bits per heavy atom. The van der Waals surface area contributed by atoms with Gasteiger partial charge in [-0.2, -0.15) is 4.98 Å². The molecule has 3 heterocycles. The molecule has 24 heavy (non-hydrogen) atoms. The molecule has 122 valence electrons. The van der Waals surface area contributed by atoms with Crippen LogP contribution in [-0.2, 0) is 0 Å². The van der Waals surface area contributed by atoms with Crippen molar-refractivity contribution in [2.75, 3.05) is 18.0 Å². The number of hydrogen-bond donors (Lipinski definition) is 1. The van der Waals surface area contributed by atoms with E-state index in [4.69, 9.17) is 0 Å². The predicted molar refractivity (Wildman–Crippen MR) is 95.0 cm³/mol. The molecule has 0 amide bonds. The third-order valence-electron chi connectivity index (χ3n) is 4.25. The summed E-state index contributed by atoms with van der Waals surface area (Å²) in [5.74, 6) is -0.320. The number of nitrogens with zero attached hydrogens (tertiary/aromatic N) is 3. The van der Waals surface area contributed by atoms with E-state index in [1.807, 2.05) is 6.07 Å². The first kappa shape index (κ1) is 15.1. The molecule has 3 aromatic rings. The number of benzene rings is 1. The van der Waals surface area contributed by atoms with E-state index in [2.05, 4.69) is 14.9 Å². The van der Waals surface area contributed by atoms with Crippen molar-refractivity contribution < 1.29 is 9.90 Å². The maximum absolute atomic E-state index is 12.6. The van der Waals surface area contributed by atoms with Crippen LogP contribution in [0.15, 0.2) is 36.4 Å². The van der Waals surface area contributed by atoms with E-state index >= 15 is 0 Å². The normalized spacial score (nSPS) is 14.9. The van der Waals surface area contributed by atoms with Crippen LogP contribution in [0.4, 0.5) is 5.13 Å². The summed E-state index contributed by atoms with van der Waals surface area (Å²) < 4.78 is 0.976. The number of ketones is 1. The van der Waals surface area contributed by atoms with Gasteiger partial charge in [-0.3, -0.25) is 4.79 Å². The molecule has 1 N–H and O–H groups in total. The number of para-hydroxylation sites is 1. The van der Waals surface area contributed by atoms with Gasteiger partial charge in [0, 0.05) is 13.1 Å². The van der Waals surface area contributed by atoms with Gasteiger partial charge in [0.15, 0.2) is 10.8 Å². The molecule has 0 spiro atoms. The molecule has 4 rings (SSSR count). The average molecular weight is 339 g/mol. The highest BCUT2D eigenvalue weighted by Crippen LogP contribution is 2.30. The van der Waals surface area contributed by atoms with Crippen LogP contribution in [0.5, 0.6) is 5.75 Å². The highest BCUT2D eigenvalue weighted by Gasteiger charge is 2.18. The van der Waals surface area contributed by atoms with Gasteiger partial charge in [-0.15, -0.1) is 0 Å². The van der Waals surface area contributed by atoms with Crippen molar-refractivity contribution in [1.82, 2.24) is 9.97 Å². The van der Waals surface area contributed by atoms with Gasteiger partial charge in [0.25, 0.3) is 0 Å². The molecule has 1 aliphatic heterocycles. The zero-order valence-corrected chi connectivity index (χ0v) is 13.9. The van der Waals surface area contributed by atoms with Crippen molar-refractivity contribution in [3.05, 3.63) is 47.7 Å². The summed E-state index contributed by atoms with van der Waals surface area (Å²) >= 11 is 1.61. The molecule has 1 aromatic carbocycles. The first-order valence-electron chi connectivity index (χ1n) is 8.07. The van der Waals surface area contributed by atoms with E-state index in [-0.39, 0.29) is 17.1 Å². The fourth-order valence-corrected chi connectivity index (χ4v) is 3.92. The molecular formula is C18H17N3O2S. The number of aromatic hydroxyl groups is 1. The molecule has 1 aliphatic rings. The predicted octanol–water partition coefficient (Wildman–Crippen LogP) is 3.62. The Hall–Kier alpha value is -2.47. The zero-order valence-electron chi connectivity index (χ0n) is 13.1. The van der Waals surface area contributed by atoms with Gasteiger partial charge in [0.05, 0.1) is 10.3 Å². The topological polar surface area (TPSA) is 66.3 Å². The second-order valence-corrected chi connectivity index (χ2v) is 6.92. The number of aromatic nitrogens is 2. The Morgan fingerprint density at radius 3 is 2.62 bits per heavy atom. The van der Waals surface area contributed by atoms with Gasteiger partial charge in [-0.05, 0) is 43.5 Å². The van der Waals surface area contributed by atoms with E-state index in [1.54, 1.807) is 35.6 Å². The van der Waals surface area contributed by atoms with Crippen LogP contribution in [0.2, 0.25) is 0 Å². The fourth-order valence-electron chi connectivity index (χ4n) is 2.96. The van der Waals surface area contributed by atoms with E-state index in [1.165, 1.54) is 25.3 Å². The lowest BCUT2D eigenvalue weighted by atomic mass is 10.1. The number of thiazole rings is 1. The zero-order chi connectivity index (χ0) is 16.5. The van der Waals surface area contributed by atoms with Gasteiger partial charge >= 0.3 is 0 Å². The summed E-state index contributed by atoms with van der Waals surface area (Å²) in [6, 6.07) is 10.1. The summed E-state index contributed by atoms with van der Waals surface area (Å²) in [6.45, 7) is 2.06. The summed E-state index contributed by atoms with van der Waals surface area (Å²) in [4.78, 5) is 23.9. The molecule has 6 heteroatoms. The largest absolute Gasteiger partial charge is 0.507 e. The molecule has 0 radical (unpaired) electrons. The Kier molecular flexibility index (Phi) is 3.90. The van der Waals surface area contributed by atoms with Crippen molar-refractivity contribution in [3.8, 4) is 5.75 Å². The van der Waals surface area contributed by atoms with Gasteiger partial charge in [-0.1, -0.05) is 23.5 Å². The number of piperidine rings is 1. The van der Waals surface area contributed by atoms with Crippen molar-refractivity contribution in [3.63, 3.8) is 0 Å². The minimum absolute atomic E-state index is 0.0309. The highest BCUT2D eigenvalue weighted by atomic mass is 32.1. The molecule has 0 saturated carbocycles. The minimum atomic E-state index is -0.289. The lowest BCUT2D eigenvalue weighted by molar-refractivity contribution is 0.103. The van der Waals surface area contributed by atoms with Crippen molar-refractivity contribution in [2.45, 2.75) is 19.3 Å². The van der Waals surface area contributed by atoms with Crippen molar-refractivity contribution in [1.29, 1.82) is 0 Å². The monoisotopic (exact) mass is 339 g/mol. The molecule has 1 saturated heterocycles. The summed E-state index contributed by atoms with van der Waals surface area (Å²) in [6.07, 6.45) is 3.67. The molecule has 0 bridgehead atoms. The van der Waals surface area contributed by atoms with Gasteiger partial charge in [0.2, 0.25) is 5.78 Å².